The van der Waals surface area contributed by atoms with Crippen molar-refractivity contribution in [3.63, 3.8) is 0 Å². The van der Waals surface area contributed by atoms with Crippen molar-refractivity contribution in [1.82, 2.24) is 10.2 Å². The molecule has 0 bridgehead atoms. The van der Waals surface area contributed by atoms with E-state index in [2.05, 4.69) is 15.1 Å². The largest absolute Gasteiger partial charge is 0.369 e. The lowest BCUT2D eigenvalue weighted by molar-refractivity contribution is -0.385. The van der Waals surface area contributed by atoms with Gasteiger partial charge in [-0.15, -0.1) is 0 Å². The van der Waals surface area contributed by atoms with Crippen LogP contribution in [0.2, 0.25) is 0 Å². The molecule has 2 fully saturated rings. The number of anilines is 1. The van der Waals surface area contributed by atoms with E-state index in [9.17, 15) is 10.1 Å². The molecule has 3 rings (SSSR count). The zero-order valence-corrected chi connectivity index (χ0v) is 11.7. The molecule has 6 nitrogen and oxygen atoms in total. The predicted molar refractivity (Wildman–Crippen MR) is 78.3 cm³/mol. The van der Waals surface area contributed by atoms with Crippen LogP contribution in [0.25, 0.3) is 0 Å². The molecule has 0 aromatic heterocycles. The number of rotatable bonds is 3. The maximum Gasteiger partial charge on any atom is 0.272 e. The highest BCUT2D eigenvalue weighted by Crippen LogP contribution is 2.25. The molecule has 1 aromatic rings. The number of piperazine rings is 1. The minimum atomic E-state index is -0.319. The van der Waals surface area contributed by atoms with Crippen molar-refractivity contribution in [3.8, 4) is 0 Å². The Hall–Kier alpha value is -1.66. The molecule has 1 N–H and O–H groups in total. The fraction of sp³-hybridized carbons (Fsp3) is 0.571. The van der Waals surface area contributed by atoms with Crippen molar-refractivity contribution in [2.45, 2.75) is 13.0 Å². The molecule has 0 atom stereocenters. The Kier molecular flexibility index (Phi) is 3.58. The summed E-state index contributed by atoms with van der Waals surface area (Å²) in [6.07, 6.45) is 0. The van der Waals surface area contributed by atoms with Gasteiger partial charge < -0.3 is 10.2 Å². The fourth-order valence-corrected chi connectivity index (χ4v) is 2.92. The summed E-state index contributed by atoms with van der Waals surface area (Å²) in [6.45, 7) is 8.15. The molecule has 2 saturated heterocycles. The van der Waals surface area contributed by atoms with Crippen LogP contribution in [0, 0.1) is 17.0 Å². The van der Waals surface area contributed by atoms with Gasteiger partial charge in [0, 0.05) is 62.6 Å². The number of nitro groups is 1. The highest BCUT2D eigenvalue weighted by Gasteiger charge is 2.27. The SMILES string of the molecule is Cc1cc(N2CCN(C3CNC3)CC2)ccc1[N+](=O)[O-]. The van der Waals surface area contributed by atoms with Crippen LogP contribution < -0.4 is 10.2 Å². The van der Waals surface area contributed by atoms with E-state index in [1.165, 1.54) is 0 Å². The third kappa shape index (κ3) is 2.48. The monoisotopic (exact) mass is 276 g/mol. The minimum absolute atomic E-state index is 0.202. The van der Waals surface area contributed by atoms with E-state index in [0.29, 0.717) is 6.04 Å². The Morgan fingerprint density at radius 3 is 2.45 bits per heavy atom. The second-order valence-corrected chi connectivity index (χ2v) is 5.56. The number of aryl methyl sites for hydroxylation is 1. The molecule has 0 aliphatic carbocycles. The normalized spacial score (nSPS) is 20.8. The standard InChI is InChI=1S/C14H20N4O2/c1-11-8-12(2-3-14(11)18(19)20)16-4-6-17(7-5-16)13-9-15-10-13/h2-3,8,13,15H,4-7,9-10H2,1H3. The van der Waals surface area contributed by atoms with Crippen molar-refractivity contribution >= 4 is 11.4 Å². The van der Waals surface area contributed by atoms with Gasteiger partial charge in [0.1, 0.15) is 0 Å². The van der Waals surface area contributed by atoms with Gasteiger partial charge in [0.2, 0.25) is 0 Å². The van der Waals surface area contributed by atoms with Crippen LogP contribution in [0.5, 0.6) is 0 Å². The lowest BCUT2D eigenvalue weighted by Gasteiger charge is -2.43. The molecule has 2 heterocycles. The molecular formula is C14H20N4O2. The van der Waals surface area contributed by atoms with Gasteiger partial charge in [-0.1, -0.05) is 0 Å². The first kappa shape index (κ1) is 13.3. The smallest absolute Gasteiger partial charge is 0.272 e. The van der Waals surface area contributed by atoms with Crippen LogP contribution in [0.3, 0.4) is 0 Å². The molecule has 0 amide bonds. The average molecular weight is 276 g/mol. The first-order valence-corrected chi connectivity index (χ1v) is 7.10. The van der Waals surface area contributed by atoms with Gasteiger partial charge >= 0.3 is 0 Å². The zero-order valence-electron chi connectivity index (χ0n) is 11.7. The molecular weight excluding hydrogens is 256 g/mol. The molecule has 6 heteroatoms. The van der Waals surface area contributed by atoms with Crippen LogP contribution in [0.15, 0.2) is 18.2 Å². The minimum Gasteiger partial charge on any atom is -0.369 e. The van der Waals surface area contributed by atoms with Crippen LogP contribution >= 0.6 is 0 Å². The van der Waals surface area contributed by atoms with Crippen molar-refractivity contribution in [3.05, 3.63) is 33.9 Å². The zero-order chi connectivity index (χ0) is 14.1. The lowest BCUT2D eigenvalue weighted by Crippen LogP contribution is -2.61. The molecule has 108 valence electrons. The Balaban J connectivity index is 1.65. The summed E-state index contributed by atoms with van der Waals surface area (Å²) < 4.78 is 0. The third-order valence-electron chi connectivity index (χ3n) is 4.33. The van der Waals surface area contributed by atoms with Gasteiger partial charge in [0.15, 0.2) is 0 Å². The van der Waals surface area contributed by atoms with Gasteiger partial charge in [0.25, 0.3) is 5.69 Å². The highest BCUT2D eigenvalue weighted by molar-refractivity contribution is 5.55. The summed E-state index contributed by atoms with van der Waals surface area (Å²) in [4.78, 5) is 15.4. The van der Waals surface area contributed by atoms with Crippen LogP contribution in [-0.4, -0.2) is 55.1 Å². The molecule has 2 aliphatic heterocycles. The number of hydrogen-bond donors (Lipinski definition) is 1. The third-order valence-corrected chi connectivity index (χ3v) is 4.33. The average Bonchev–Trinajstić information content (AvgIpc) is 2.37. The van der Waals surface area contributed by atoms with E-state index in [-0.39, 0.29) is 10.6 Å². The van der Waals surface area contributed by atoms with Crippen molar-refractivity contribution in [2.24, 2.45) is 0 Å². The van der Waals surface area contributed by atoms with E-state index >= 15 is 0 Å². The first-order chi connectivity index (χ1) is 9.65. The summed E-state index contributed by atoms with van der Waals surface area (Å²) in [6, 6.07) is 6.12. The molecule has 0 spiro atoms. The number of nitrogens with one attached hydrogen (secondary N) is 1. The number of nitro benzene ring substituents is 1. The summed E-state index contributed by atoms with van der Waals surface area (Å²) in [7, 11) is 0. The number of nitrogens with zero attached hydrogens (tertiary/aromatic N) is 3. The molecule has 0 saturated carbocycles. The quantitative estimate of drug-likeness (QED) is 0.659. The Morgan fingerprint density at radius 2 is 1.95 bits per heavy atom. The predicted octanol–water partition coefficient (Wildman–Crippen LogP) is 0.997. The van der Waals surface area contributed by atoms with E-state index in [0.717, 1.165) is 50.5 Å². The highest BCUT2D eigenvalue weighted by atomic mass is 16.6. The van der Waals surface area contributed by atoms with Crippen molar-refractivity contribution < 1.29 is 4.92 Å². The summed E-state index contributed by atoms with van der Waals surface area (Å²) in [5.41, 5.74) is 2.03. The van der Waals surface area contributed by atoms with Crippen molar-refractivity contribution in [2.75, 3.05) is 44.2 Å². The molecule has 1 aromatic carbocycles. The van der Waals surface area contributed by atoms with Gasteiger partial charge in [-0.2, -0.15) is 0 Å². The maximum absolute atomic E-state index is 10.8. The van der Waals surface area contributed by atoms with Crippen LogP contribution in [-0.2, 0) is 0 Å². The second-order valence-electron chi connectivity index (χ2n) is 5.56. The Labute approximate surface area is 118 Å². The molecule has 0 radical (unpaired) electrons. The van der Waals surface area contributed by atoms with E-state index in [1.54, 1.807) is 13.0 Å². The Bertz CT molecular complexity index is 508. The van der Waals surface area contributed by atoms with E-state index in [1.807, 2.05) is 12.1 Å². The first-order valence-electron chi connectivity index (χ1n) is 7.10. The van der Waals surface area contributed by atoms with Gasteiger partial charge in [0.05, 0.1) is 4.92 Å². The summed E-state index contributed by atoms with van der Waals surface area (Å²) >= 11 is 0. The lowest BCUT2D eigenvalue weighted by atomic mass is 10.1. The molecule has 2 aliphatic rings. The maximum atomic E-state index is 10.8. The van der Waals surface area contributed by atoms with Gasteiger partial charge in [-0.3, -0.25) is 15.0 Å². The number of hydrogen-bond acceptors (Lipinski definition) is 5. The topological polar surface area (TPSA) is 61.6 Å². The van der Waals surface area contributed by atoms with Gasteiger partial charge in [-0.25, -0.2) is 0 Å². The molecule has 0 unspecified atom stereocenters. The van der Waals surface area contributed by atoms with Crippen LogP contribution in [0.4, 0.5) is 11.4 Å². The van der Waals surface area contributed by atoms with E-state index < -0.39 is 0 Å². The van der Waals surface area contributed by atoms with Gasteiger partial charge in [-0.05, 0) is 19.1 Å². The second kappa shape index (κ2) is 5.38. The Morgan fingerprint density at radius 1 is 1.25 bits per heavy atom. The van der Waals surface area contributed by atoms with Crippen LogP contribution in [0.1, 0.15) is 5.56 Å². The number of benzene rings is 1. The summed E-state index contributed by atoms with van der Waals surface area (Å²) in [5.74, 6) is 0. The summed E-state index contributed by atoms with van der Waals surface area (Å²) in [5, 5.41) is 14.2. The van der Waals surface area contributed by atoms with Crippen molar-refractivity contribution in [1.29, 1.82) is 0 Å². The fourth-order valence-electron chi connectivity index (χ4n) is 2.92. The molecule has 20 heavy (non-hydrogen) atoms. The van der Waals surface area contributed by atoms with E-state index in [4.69, 9.17) is 0 Å².